The second-order valence-corrected chi connectivity index (χ2v) is 3.00. The lowest BCUT2D eigenvalue weighted by Gasteiger charge is -1.99. The molecule has 15 heavy (non-hydrogen) atoms. The number of hydrogen-bond donors (Lipinski definition) is 1. The highest BCUT2D eigenvalue weighted by molar-refractivity contribution is 5.50. The standard InChI is InChI=1S/C11H12F3N/c1-2-15-5-3-4-8-6-10(13)11(14)7-9(8)12/h3-4,6-7,15H,2,5H2,1H3/b4-3+. The van der Waals surface area contributed by atoms with Crippen LogP contribution in [0, 0.1) is 17.5 Å². The highest BCUT2D eigenvalue weighted by atomic mass is 19.2. The molecule has 1 aromatic carbocycles. The lowest BCUT2D eigenvalue weighted by Crippen LogP contribution is -2.11. The maximum Gasteiger partial charge on any atom is 0.161 e. The first-order valence-corrected chi connectivity index (χ1v) is 4.67. The lowest BCUT2D eigenvalue weighted by atomic mass is 10.2. The zero-order valence-corrected chi connectivity index (χ0v) is 8.36. The molecule has 1 N–H and O–H groups in total. The molecule has 0 radical (unpaired) electrons. The van der Waals surface area contributed by atoms with Crippen molar-refractivity contribution >= 4 is 6.08 Å². The third-order valence-corrected chi connectivity index (χ3v) is 1.85. The van der Waals surface area contributed by atoms with Crippen molar-refractivity contribution in [2.45, 2.75) is 6.92 Å². The summed E-state index contributed by atoms with van der Waals surface area (Å²) in [5.41, 5.74) is 0.0480. The van der Waals surface area contributed by atoms with E-state index in [0.717, 1.165) is 12.6 Å². The third-order valence-electron chi connectivity index (χ3n) is 1.85. The van der Waals surface area contributed by atoms with Gasteiger partial charge in [-0.1, -0.05) is 19.1 Å². The van der Waals surface area contributed by atoms with Gasteiger partial charge >= 0.3 is 0 Å². The Bertz CT molecular complexity index is 361. The Labute approximate surface area is 86.6 Å². The number of likely N-dealkylation sites (N-methyl/N-ethyl adjacent to an activating group) is 1. The van der Waals surface area contributed by atoms with Gasteiger partial charge < -0.3 is 5.32 Å². The van der Waals surface area contributed by atoms with Crippen molar-refractivity contribution in [2.75, 3.05) is 13.1 Å². The molecule has 0 aliphatic rings. The first kappa shape index (κ1) is 11.8. The molecule has 1 nitrogen and oxygen atoms in total. The minimum absolute atomic E-state index is 0.0480. The number of hydrogen-bond acceptors (Lipinski definition) is 1. The summed E-state index contributed by atoms with van der Waals surface area (Å²) in [5.74, 6) is -2.97. The quantitative estimate of drug-likeness (QED) is 0.601. The van der Waals surface area contributed by atoms with E-state index < -0.39 is 17.5 Å². The van der Waals surface area contributed by atoms with Crippen LogP contribution in [-0.4, -0.2) is 13.1 Å². The summed E-state index contributed by atoms with van der Waals surface area (Å²) < 4.78 is 38.4. The van der Waals surface area contributed by atoms with Crippen LogP contribution in [0.25, 0.3) is 6.08 Å². The van der Waals surface area contributed by atoms with Crippen molar-refractivity contribution in [2.24, 2.45) is 0 Å². The largest absolute Gasteiger partial charge is 0.314 e. The van der Waals surface area contributed by atoms with Crippen molar-refractivity contribution in [3.05, 3.63) is 41.2 Å². The number of rotatable bonds is 4. The Hall–Kier alpha value is -1.29. The summed E-state index contributed by atoms with van der Waals surface area (Å²) in [5, 5.41) is 2.99. The first-order valence-electron chi connectivity index (χ1n) is 4.67. The fourth-order valence-electron chi connectivity index (χ4n) is 1.08. The van der Waals surface area contributed by atoms with Crippen molar-refractivity contribution < 1.29 is 13.2 Å². The number of benzene rings is 1. The summed E-state index contributed by atoms with van der Waals surface area (Å²) in [6.45, 7) is 3.30. The maximum absolute atomic E-state index is 13.1. The van der Waals surface area contributed by atoms with E-state index >= 15 is 0 Å². The van der Waals surface area contributed by atoms with Gasteiger partial charge in [0.15, 0.2) is 11.6 Å². The van der Waals surface area contributed by atoms with E-state index in [1.165, 1.54) is 6.08 Å². The molecule has 0 bridgehead atoms. The van der Waals surface area contributed by atoms with E-state index in [1.54, 1.807) is 6.08 Å². The topological polar surface area (TPSA) is 12.0 Å². The van der Waals surface area contributed by atoms with Gasteiger partial charge in [-0.3, -0.25) is 0 Å². The monoisotopic (exact) mass is 215 g/mol. The summed E-state index contributed by atoms with van der Waals surface area (Å²) in [6, 6.07) is 1.38. The van der Waals surface area contributed by atoms with E-state index in [-0.39, 0.29) is 5.56 Å². The Kier molecular flexibility index (Phi) is 4.37. The van der Waals surface area contributed by atoms with Crippen molar-refractivity contribution in [1.82, 2.24) is 5.32 Å². The van der Waals surface area contributed by atoms with Crippen LogP contribution in [0.3, 0.4) is 0 Å². The zero-order chi connectivity index (χ0) is 11.3. The fourth-order valence-corrected chi connectivity index (χ4v) is 1.08. The molecule has 0 unspecified atom stereocenters. The van der Waals surface area contributed by atoms with E-state index in [0.29, 0.717) is 12.6 Å². The molecule has 0 aromatic heterocycles. The van der Waals surface area contributed by atoms with E-state index in [2.05, 4.69) is 5.32 Å². The number of halogens is 3. The molecule has 0 saturated carbocycles. The molecular weight excluding hydrogens is 203 g/mol. The zero-order valence-electron chi connectivity index (χ0n) is 8.36. The highest BCUT2D eigenvalue weighted by Gasteiger charge is 2.06. The Morgan fingerprint density at radius 3 is 2.47 bits per heavy atom. The van der Waals surface area contributed by atoms with Crippen LogP contribution >= 0.6 is 0 Å². The van der Waals surface area contributed by atoms with Crippen molar-refractivity contribution in [1.29, 1.82) is 0 Å². The minimum Gasteiger partial charge on any atom is -0.314 e. The average Bonchev–Trinajstić information content (AvgIpc) is 2.20. The fraction of sp³-hybridized carbons (Fsp3) is 0.273. The van der Waals surface area contributed by atoms with Crippen LogP contribution in [0.2, 0.25) is 0 Å². The maximum atomic E-state index is 13.1. The van der Waals surface area contributed by atoms with E-state index in [1.807, 2.05) is 6.92 Å². The van der Waals surface area contributed by atoms with Gasteiger partial charge in [-0.25, -0.2) is 13.2 Å². The molecule has 0 saturated heterocycles. The van der Waals surface area contributed by atoms with Gasteiger partial charge in [0.1, 0.15) is 5.82 Å². The first-order chi connectivity index (χ1) is 7.15. The summed E-state index contributed by atoms with van der Waals surface area (Å²) >= 11 is 0. The summed E-state index contributed by atoms with van der Waals surface area (Å²) in [6.07, 6.45) is 3.07. The number of nitrogens with one attached hydrogen (secondary N) is 1. The third kappa shape index (κ3) is 3.40. The SMILES string of the molecule is CCNC/C=C/c1cc(F)c(F)cc1F. The van der Waals surface area contributed by atoms with Gasteiger partial charge in [-0.15, -0.1) is 0 Å². The van der Waals surface area contributed by atoms with Gasteiger partial charge in [0.25, 0.3) is 0 Å². The molecule has 0 aliphatic heterocycles. The molecule has 4 heteroatoms. The van der Waals surface area contributed by atoms with Crippen LogP contribution in [0.15, 0.2) is 18.2 Å². The van der Waals surface area contributed by atoms with Crippen LogP contribution in [0.4, 0.5) is 13.2 Å². The van der Waals surface area contributed by atoms with Crippen LogP contribution in [0.5, 0.6) is 0 Å². The molecule has 0 aliphatic carbocycles. The van der Waals surface area contributed by atoms with Gasteiger partial charge in [0.05, 0.1) is 0 Å². The Morgan fingerprint density at radius 2 is 1.80 bits per heavy atom. The van der Waals surface area contributed by atoms with Crippen molar-refractivity contribution in [3.63, 3.8) is 0 Å². The van der Waals surface area contributed by atoms with Crippen LogP contribution < -0.4 is 5.32 Å². The molecule has 0 spiro atoms. The van der Waals surface area contributed by atoms with E-state index in [4.69, 9.17) is 0 Å². The van der Waals surface area contributed by atoms with Crippen LogP contribution in [0.1, 0.15) is 12.5 Å². The van der Waals surface area contributed by atoms with E-state index in [9.17, 15) is 13.2 Å². The smallest absolute Gasteiger partial charge is 0.161 e. The summed E-state index contributed by atoms with van der Waals surface area (Å²) in [4.78, 5) is 0. The predicted molar refractivity (Wildman–Crippen MR) is 53.9 cm³/mol. The molecule has 1 aromatic rings. The van der Waals surface area contributed by atoms with Crippen molar-refractivity contribution in [3.8, 4) is 0 Å². The highest BCUT2D eigenvalue weighted by Crippen LogP contribution is 2.14. The normalized spacial score (nSPS) is 11.2. The predicted octanol–water partition coefficient (Wildman–Crippen LogP) is 2.73. The molecule has 1 rings (SSSR count). The van der Waals surface area contributed by atoms with Gasteiger partial charge in [0.2, 0.25) is 0 Å². The molecule has 0 fully saturated rings. The summed E-state index contributed by atoms with van der Waals surface area (Å²) in [7, 11) is 0. The second kappa shape index (κ2) is 5.56. The Morgan fingerprint density at radius 1 is 1.13 bits per heavy atom. The molecule has 0 amide bonds. The molecule has 0 atom stereocenters. The lowest BCUT2D eigenvalue weighted by molar-refractivity contribution is 0.494. The molecule has 0 heterocycles. The van der Waals surface area contributed by atoms with Gasteiger partial charge in [0, 0.05) is 18.2 Å². The molecule has 82 valence electrons. The van der Waals surface area contributed by atoms with Crippen LogP contribution in [-0.2, 0) is 0 Å². The minimum atomic E-state index is -1.17. The Balaban J connectivity index is 2.77. The average molecular weight is 215 g/mol. The molecular formula is C11H12F3N. The second-order valence-electron chi connectivity index (χ2n) is 3.00. The van der Waals surface area contributed by atoms with Gasteiger partial charge in [-0.05, 0) is 12.6 Å². The van der Waals surface area contributed by atoms with Gasteiger partial charge in [-0.2, -0.15) is 0 Å².